The smallest absolute Gasteiger partial charge is 0.317 e. The molecule has 0 saturated carbocycles. The number of urea groups is 1. The van der Waals surface area contributed by atoms with Gasteiger partial charge in [-0.15, -0.1) is 0 Å². The summed E-state index contributed by atoms with van der Waals surface area (Å²) in [5.74, 6) is -0.0614. The highest BCUT2D eigenvalue weighted by molar-refractivity contribution is 5.77. The van der Waals surface area contributed by atoms with Crippen LogP contribution in [0, 0.1) is 0 Å². The Morgan fingerprint density at radius 1 is 1.30 bits per heavy atom. The predicted molar refractivity (Wildman–Crippen MR) is 87.4 cm³/mol. The molecule has 1 aliphatic rings. The number of amides is 2. The SMILES string of the molecule is CCOc1ccc(C2=CCN(C(=O)NCCC(=O)O)CC2)cc1. The number of ether oxygens (including phenoxy) is 1. The van der Waals surface area contributed by atoms with Gasteiger partial charge in [0.05, 0.1) is 13.0 Å². The molecule has 1 aromatic rings. The van der Waals surface area contributed by atoms with Gasteiger partial charge in [0.25, 0.3) is 0 Å². The van der Waals surface area contributed by atoms with Gasteiger partial charge in [-0.25, -0.2) is 4.79 Å². The van der Waals surface area contributed by atoms with Crippen LogP contribution >= 0.6 is 0 Å². The van der Waals surface area contributed by atoms with Crippen LogP contribution in [0.15, 0.2) is 30.3 Å². The lowest BCUT2D eigenvalue weighted by atomic mass is 9.99. The van der Waals surface area contributed by atoms with Crippen molar-refractivity contribution in [3.8, 4) is 5.75 Å². The molecule has 0 saturated heterocycles. The van der Waals surface area contributed by atoms with Crippen molar-refractivity contribution < 1.29 is 19.4 Å². The van der Waals surface area contributed by atoms with Crippen molar-refractivity contribution in [2.75, 3.05) is 26.2 Å². The van der Waals surface area contributed by atoms with Crippen molar-refractivity contribution in [1.82, 2.24) is 10.2 Å². The third-order valence-electron chi connectivity index (χ3n) is 3.65. The molecule has 0 aliphatic carbocycles. The zero-order valence-electron chi connectivity index (χ0n) is 13.2. The zero-order chi connectivity index (χ0) is 16.7. The van der Waals surface area contributed by atoms with E-state index in [-0.39, 0.29) is 19.0 Å². The molecule has 1 aliphatic heterocycles. The molecule has 23 heavy (non-hydrogen) atoms. The number of aliphatic carboxylic acids is 1. The molecule has 0 aromatic heterocycles. The molecule has 0 bridgehead atoms. The Balaban J connectivity index is 1.87. The van der Waals surface area contributed by atoms with E-state index in [2.05, 4.69) is 5.32 Å². The molecule has 2 N–H and O–H groups in total. The van der Waals surface area contributed by atoms with E-state index in [9.17, 15) is 9.59 Å². The van der Waals surface area contributed by atoms with E-state index in [1.165, 1.54) is 5.57 Å². The second kappa shape index (κ2) is 8.22. The first-order chi connectivity index (χ1) is 11.1. The molecule has 124 valence electrons. The van der Waals surface area contributed by atoms with Crippen LogP contribution in [-0.4, -0.2) is 48.2 Å². The number of carbonyl (C=O) groups excluding carboxylic acids is 1. The van der Waals surface area contributed by atoms with Crippen molar-refractivity contribution in [3.63, 3.8) is 0 Å². The third kappa shape index (κ3) is 5.02. The van der Waals surface area contributed by atoms with Gasteiger partial charge in [-0.1, -0.05) is 18.2 Å². The summed E-state index contributed by atoms with van der Waals surface area (Å²) in [6, 6.07) is 7.74. The maximum absolute atomic E-state index is 11.9. The van der Waals surface area contributed by atoms with Crippen LogP contribution in [-0.2, 0) is 4.79 Å². The fourth-order valence-corrected chi connectivity index (χ4v) is 2.44. The summed E-state index contributed by atoms with van der Waals surface area (Å²) in [4.78, 5) is 24.0. The van der Waals surface area contributed by atoms with E-state index < -0.39 is 5.97 Å². The lowest BCUT2D eigenvalue weighted by Gasteiger charge is -2.26. The zero-order valence-corrected chi connectivity index (χ0v) is 13.2. The summed E-state index contributed by atoms with van der Waals surface area (Å²) in [6.07, 6.45) is 2.75. The average Bonchev–Trinajstić information content (AvgIpc) is 2.55. The van der Waals surface area contributed by atoms with Gasteiger partial charge in [0.1, 0.15) is 5.75 Å². The Kier molecular flexibility index (Phi) is 6.02. The topological polar surface area (TPSA) is 78.9 Å². The normalized spacial score (nSPS) is 14.1. The van der Waals surface area contributed by atoms with Crippen molar-refractivity contribution in [2.24, 2.45) is 0 Å². The van der Waals surface area contributed by atoms with Gasteiger partial charge in [0.2, 0.25) is 0 Å². The summed E-state index contributed by atoms with van der Waals surface area (Å²) in [6.45, 7) is 3.90. The fourth-order valence-electron chi connectivity index (χ4n) is 2.44. The summed E-state index contributed by atoms with van der Waals surface area (Å²) in [5.41, 5.74) is 2.35. The number of nitrogens with zero attached hydrogens (tertiary/aromatic N) is 1. The molecular formula is C17H22N2O4. The fraction of sp³-hybridized carbons (Fsp3) is 0.412. The number of carbonyl (C=O) groups is 2. The monoisotopic (exact) mass is 318 g/mol. The molecule has 1 aromatic carbocycles. The Bertz CT molecular complexity index is 581. The molecule has 0 atom stereocenters. The number of hydrogen-bond donors (Lipinski definition) is 2. The van der Waals surface area contributed by atoms with Crippen LogP contribution < -0.4 is 10.1 Å². The standard InChI is InChI=1S/C17H22N2O4/c1-2-23-15-5-3-13(4-6-15)14-8-11-19(12-9-14)17(22)18-10-7-16(20)21/h3-6,8H,2,7,9-12H2,1H3,(H,18,22)(H,20,21). The molecule has 0 unspecified atom stereocenters. The summed E-state index contributed by atoms with van der Waals surface area (Å²) >= 11 is 0. The minimum Gasteiger partial charge on any atom is -0.494 e. The molecule has 6 nitrogen and oxygen atoms in total. The van der Waals surface area contributed by atoms with Gasteiger partial charge in [-0.2, -0.15) is 0 Å². The number of carboxylic acid groups (broad SMARTS) is 1. The highest BCUT2D eigenvalue weighted by Crippen LogP contribution is 2.24. The summed E-state index contributed by atoms with van der Waals surface area (Å²) < 4.78 is 5.43. The molecule has 2 rings (SSSR count). The first kappa shape index (κ1) is 16.9. The van der Waals surface area contributed by atoms with E-state index >= 15 is 0 Å². The highest BCUT2D eigenvalue weighted by Gasteiger charge is 2.17. The molecule has 1 heterocycles. The predicted octanol–water partition coefficient (Wildman–Crippen LogP) is 2.36. The van der Waals surface area contributed by atoms with Crippen molar-refractivity contribution >= 4 is 17.6 Å². The van der Waals surface area contributed by atoms with Crippen molar-refractivity contribution in [2.45, 2.75) is 19.8 Å². The van der Waals surface area contributed by atoms with E-state index in [1.807, 2.05) is 37.3 Å². The molecule has 0 radical (unpaired) electrons. The van der Waals surface area contributed by atoms with Crippen LogP contribution in [0.5, 0.6) is 5.75 Å². The Hall–Kier alpha value is -2.50. The molecule has 0 fully saturated rings. The first-order valence-electron chi connectivity index (χ1n) is 7.77. The van der Waals surface area contributed by atoms with Gasteiger partial charge >= 0.3 is 12.0 Å². The number of benzene rings is 1. The minimum absolute atomic E-state index is 0.0626. The van der Waals surface area contributed by atoms with Crippen LogP contribution in [0.4, 0.5) is 4.79 Å². The molecule has 2 amide bonds. The van der Waals surface area contributed by atoms with E-state index in [0.29, 0.717) is 19.7 Å². The van der Waals surface area contributed by atoms with Crippen LogP contribution in [0.2, 0.25) is 0 Å². The van der Waals surface area contributed by atoms with E-state index in [1.54, 1.807) is 4.90 Å². The van der Waals surface area contributed by atoms with Gasteiger partial charge in [-0.3, -0.25) is 4.79 Å². The quantitative estimate of drug-likeness (QED) is 0.844. The Morgan fingerprint density at radius 2 is 2.04 bits per heavy atom. The Labute approximate surface area is 135 Å². The lowest BCUT2D eigenvalue weighted by molar-refractivity contribution is -0.136. The maximum atomic E-state index is 11.9. The number of hydrogen-bond acceptors (Lipinski definition) is 3. The average molecular weight is 318 g/mol. The number of carboxylic acids is 1. The molecule has 6 heteroatoms. The van der Waals surface area contributed by atoms with E-state index in [0.717, 1.165) is 17.7 Å². The number of nitrogens with one attached hydrogen (secondary N) is 1. The molecule has 0 spiro atoms. The van der Waals surface area contributed by atoms with Crippen LogP contribution in [0.25, 0.3) is 5.57 Å². The maximum Gasteiger partial charge on any atom is 0.317 e. The summed E-state index contributed by atoms with van der Waals surface area (Å²) in [5, 5.41) is 11.2. The van der Waals surface area contributed by atoms with Crippen molar-refractivity contribution in [1.29, 1.82) is 0 Å². The third-order valence-corrected chi connectivity index (χ3v) is 3.65. The van der Waals surface area contributed by atoms with Gasteiger partial charge in [0, 0.05) is 19.6 Å². The van der Waals surface area contributed by atoms with Crippen molar-refractivity contribution in [3.05, 3.63) is 35.9 Å². The van der Waals surface area contributed by atoms with Crippen LogP contribution in [0.1, 0.15) is 25.3 Å². The lowest BCUT2D eigenvalue weighted by Crippen LogP contribution is -2.42. The molecular weight excluding hydrogens is 296 g/mol. The van der Waals surface area contributed by atoms with Gasteiger partial charge in [0.15, 0.2) is 0 Å². The number of rotatable bonds is 6. The van der Waals surface area contributed by atoms with Gasteiger partial charge in [-0.05, 0) is 36.6 Å². The first-order valence-corrected chi connectivity index (χ1v) is 7.77. The minimum atomic E-state index is -0.915. The van der Waals surface area contributed by atoms with Gasteiger partial charge < -0.3 is 20.1 Å². The highest BCUT2D eigenvalue weighted by atomic mass is 16.5. The summed E-state index contributed by atoms with van der Waals surface area (Å²) in [7, 11) is 0. The second-order valence-electron chi connectivity index (χ2n) is 5.26. The largest absolute Gasteiger partial charge is 0.494 e. The van der Waals surface area contributed by atoms with E-state index in [4.69, 9.17) is 9.84 Å². The Morgan fingerprint density at radius 3 is 2.61 bits per heavy atom. The second-order valence-corrected chi connectivity index (χ2v) is 5.26. The van der Waals surface area contributed by atoms with Crippen LogP contribution in [0.3, 0.4) is 0 Å².